The molecule has 0 atom stereocenters. The third-order valence-electron chi connectivity index (χ3n) is 3.55. The van der Waals surface area contributed by atoms with Crippen molar-refractivity contribution < 1.29 is 4.74 Å². The summed E-state index contributed by atoms with van der Waals surface area (Å²) in [4.78, 5) is 0. The lowest BCUT2D eigenvalue weighted by molar-refractivity contribution is 0.206. The van der Waals surface area contributed by atoms with Gasteiger partial charge in [0.25, 0.3) is 0 Å². The average Bonchev–Trinajstić information content (AvgIpc) is 2.32. The molecule has 1 aliphatic rings. The fourth-order valence-electron chi connectivity index (χ4n) is 2.16. The zero-order valence-electron chi connectivity index (χ0n) is 11.0. The Morgan fingerprint density at radius 2 is 2.18 bits per heavy atom. The van der Waals surface area contributed by atoms with E-state index in [0.29, 0.717) is 5.54 Å². The minimum Gasteiger partial charge on any atom is -0.494 e. The first kappa shape index (κ1) is 12.4. The molecule has 0 unspecified atom stereocenters. The highest BCUT2D eigenvalue weighted by atomic mass is 16.5. The zero-order valence-corrected chi connectivity index (χ0v) is 11.0. The Kier molecular flexibility index (Phi) is 4.06. The van der Waals surface area contributed by atoms with Gasteiger partial charge < -0.3 is 10.1 Å². The summed E-state index contributed by atoms with van der Waals surface area (Å²) in [5, 5.41) is 3.64. The molecule has 2 rings (SSSR count). The molecule has 0 saturated heterocycles. The number of hydrogen-bond acceptors (Lipinski definition) is 2. The second-order valence-corrected chi connectivity index (χ2v) is 5.26. The predicted octanol–water partition coefficient (Wildman–Crippen LogP) is 3.51. The van der Waals surface area contributed by atoms with E-state index in [1.807, 2.05) is 6.07 Å². The zero-order chi connectivity index (χ0) is 12.1. The minimum atomic E-state index is 0.375. The molecular formula is C15H23NO. The fourth-order valence-corrected chi connectivity index (χ4v) is 2.16. The van der Waals surface area contributed by atoms with Crippen LogP contribution in [0, 0.1) is 0 Å². The third kappa shape index (κ3) is 3.47. The normalized spacial score (nSPS) is 17.5. The highest BCUT2D eigenvalue weighted by Gasteiger charge is 2.30. The first-order chi connectivity index (χ1) is 8.22. The average molecular weight is 233 g/mol. The van der Waals surface area contributed by atoms with Crippen LogP contribution in [0.15, 0.2) is 24.3 Å². The van der Waals surface area contributed by atoms with Crippen LogP contribution in [0.1, 0.15) is 45.1 Å². The van der Waals surface area contributed by atoms with Crippen molar-refractivity contribution in [2.24, 2.45) is 0 Å². The first-order valence-corrected chi connectivity index (χ1v) is 6.69. The molecule has 1 aromatic carbocycles. The smallest absolute Gasteiger partial charge is 0.119 e. The molecule has 0 radical (unpaired) electrons. The Bertz CT molecular complexity index is 358. The van der Waals surface area contributed by atoms with Crippen LogP contribution in [0.5, 0.6) is 5.75 Å². The van der Waals surface area contributed by atoms with Crippen LogP contribution in [0.3, 0.4) is 0 Å². The minimum absolute atomic E-state index is 0.375. The van der Waals surface area contributed by atoms with Crippen molar-refractivity contribution in [3.05, 3.63) is 29.8 Å². The van der Waals surface area contributed by atoms with Crippen molar-refractivity contribution in [2.45, 2.75) is 51.6 Å². The maximum absolute atomic E-state index is 5.64. The molecule has 17 heavy (non-hydrogen) atoms. The van der Waals surface area contributed by atoms with Crippen LogP contribution in [0.4, 0.5) is 0 Å². The number of hydrogen-bond donors (Lipinski definition) is 1. The van der Waals surface area contributed by atoms with Crippen LogP contribution in [0.25, 0.3) is 0 Å². The molecule has 0 aliphatic heterocycles. The molecule has 1 aliphatic carbocycles. The molecule has 1 saturated carbocycles. The number of nitrogens with one attached hydrogen (secondary N) is 1. The molecule has 0 heterocycles. The van der Waals surface area contributed by atoms with Crippen molar-refractivity contribution in [3.63, 3.8) is 0 Å². The van der Waals surface area contributed by atoms with Crippen molar-refractivity contribution in [2.75, 3.05) is 6.61 Å². The van der Waals surface area contributed by atoms with E-state index < -0.39 is 0 Å². The van der Waals surface area contributed by atoms with Crippen molar-refractivity contribution in [1.82, 2.24) is 5.32 Å². The lowest BCUT2D eigenvalue weighted by Gasteiger charge is -2.39. The van der Waals surface area contributed by atoms with Crippen molar-refractivity contribution >= 4 is 0 Å². The Hall–Kier alpha value is -1.02. The van der Waals surface area contributed by atoms with Gasteiger partial charge in [0.05, 0.1) is 6.61 Å². The standard InChI is InChI=1S/C15H23NO/c1-3-10-17-14-7-4-6-13(11-14)12-16-15(2)8-5-9-15/h4,6-7,11,16H,3,5,8-10,12H2,1-2H3. The summed E-state index contributed by atoms with van der Waals surface area (Å²) in [5.74, 6) is 0.991. The molecule has 94 valence electrons. The van der Waals surface area contributed by atoms with Crippen LogP contribution in [-0.2, 0) is 6.54 Å². The highest BCUT2D eigenvalue weighted by molar-refractivity contribution is 5.28. The largest absolute Gasteiger partial charge is 0.494 e. The number of benzene rings is 1. The molecule has 2 nitrogen and oxygen atoms in total. The third-order valence-corrected chi connectivity index (χ3v) is 3.55. The van der Waals surface area contributed by atoms with Crippen LogP contribution < -0.4 is 10.1 Å². The monoisotopic (exact) mass is 233 g/mol. The molecule has 2 heteroatoms. The predicted molar refractivity (Wildman–Crippen MR) is 71.3 cm³/mol. The van der Waals surface area contributed by atoms with E-state index in [2.05, 4.69) is 37.4 Å². The Morgan fingerprint density at radius 3 is 2.82 bits per heavy atom. The van der Waals surface area contributed by atoms with Gasteiger partial charge in [-0.05, 0) is 50.3 Å². The summed E-state index contributed by atoms with van der Waals surface area (Å²) in [5.41, 5.74) is 1.69. The SMILES string of the molecule is CCCOc1cccc(CNC2(C)CCC2)c1. The van der Waals surface area contributed by atoms with Gasteiger partial charge in [0.15, 0.2) is 0 Å². The van der Waals surface area contributed by atoms with Gasteiger partial charge in [0, 0.05) is 12.1 Å². The van der Waals surface area contributed by atoms with E-state index in [-0.39, 0.29) is 0 Å². The summed E-state index contributed by atoms with van der Waals surface area (Å²) in [6.07, 6.45) is 5.03. The van der Waals surface area contributed by atoms with E-state index in [1.165, 1.54) is 24.8 Å². The van der Waals surface area contributed by atoms with Crippen LogP contribution >= 0.6 is 0 Å². The maximum atomic E-state index is 5.64. The Labute approximate surface area is 104 Å². The fraction of sp³-hybridized carbons (Fsp3) is 0.600. The molecular weight excluding hydrogens is 210 g/mol. The number of ether oxygens (including phenoxy) is 1. The Morgan fingerprint density at radius 1 is 1.35 bits per heavy atom. The van der Waals surface area contributed by atoms with E-state index >= 15 is 0 Å². The van der Waals surface area contributed by atoms with Gasteiger partial charge in [-0.15, -0.1) is 0 Å². The molecule has 1 fully saturated rings. The second-order valence-electron chi connectivity index (χ2n) is 5.26. The summed E-state index contributed by atoms with van der Waals surface area (Å²) in [6, 6.07) is 8.41. The highest BCUT2D eigenvalue weighted by Crippen LogP contribution is 2.31. The molecule has 0 spiro atoms. The second kappa shape index (κ2) is 5.54. The molecule has 0 bridgehead atoms. The van der Waals surface area contributed by atoms with Gasteiger partial charge in [-0.3, -0.25) is 0 Å². The van der Waals surface area contributed by atoms with Crippen LogP contribution in [-0.4, -0.2) is 12.1 Å². The van der Waals surface area contributed by atoms with Crippen molar-refractivity contribution in [1.29, 1.82) is 0 Å². The quantitative estimate of drug-likeness (QED) is 0.812. The van der Waals surface area contributed by atoms with Gasteiger partial charge in [0.1, 0.15) is 5.75 Å². The topological polar surface area (TPSA) is 21.3 Å². The van der Waals surface area contributed by atoms with Crippen molar-refractivity contribution in [3.8, 4) is 5.75 Å². The maximum Gasteiger partial charge on any atom is 0.119 e. The van der Waals surface area contributed by atoms with Gasteiger partial charge in [-0.25, -0.2) is 0 Å². The van der Waals surface area contributed by atoms with E-state index in [9.17, 15) is 0 Å². The lowest BCUT2D eigenvalue weighted by Crippen LogP contribution is -2.47. The Balaban J connectivity index is 1.87. The molecule has 0 amide bonds. The molecule has 1 aromatic rings. The first-order valence-electron chi connectivity index (χ1n) is 6.69. The lowest BCUT2D eigenvalue weighted by atomic mass is 9.78. The van der Waals surface area contributed by atoms with Gasteiger partial charge in [-0.1, -0.05) is 19.1 Å². The van der Waals surface area contributed by atoms with E-state index in [0.717, 1.165) is 25.3 Å². The van der Waals surface area contributed by atoms with Gasteiger partial charge >= 0.3 is 0 Å². The summed E-state index contributed by atoms with van der Waals surface area (Å²) in [7, 11) is 0. The van der Waals surface area contributed by atoms with Gasteiger partial charge in [0.2, 0.25) is 0 Å². The van der Waals surface area contributed by atoms with E-state index in [1.54, 1.807) is 0 Å². The number of rotatable bonds is 6. The molecule has 0 aromatic heterocycles. The summed E-state index contributed by atoms with van der Waals surface area (Å²) in [6.45, 7) is 6.19. The molecule has 1 N–H and O–H groups in total. The summed E-state index contributed by atoms with van der Waals surface area (Å²) < 4.78 is 5.64. The van der Waals surface area contributed by atoms with Gasteiger partial charge in [-0.2, -0.15) is 0 Å². The van der Waals surface area contributed by atoms with Crippen LogP contribution in [0.2, 0.25) is 0 Å². The summed E-state index contributed by atoms with van der Waals surface area (Å²) >= 11 is 0. The van der Waals surface area contributed by atoms with E-state index in [4.69, 9.17) is 4.74 Å².